The third-order valence-electron chi connectivity index (χ3n) is 5.64. The number of ether oxygens (including phenoxy) is 1. The Morgan fingerprint density at radius 2 is 2.07 bits per heavy atom. The summed E-state index contributed by atoms with van der Waals surface area (Å²) in [6, 6.07) is 13.7. The Balaban J connectivity index is 1.68. The van der Waals surface area contributed by atoms with Crippen molar-refractivity contribution >= 4 is 29.0 Å². The van der Waals surface area contributed by atoms with Crippen LogP contribution in [0.2, 0.25) is 5.02 Å². The number of carbonyl (C=O) groups is 1. The second-order valence-corrected chi connectivity index (χ2v) is 7.88. The maximum absolute atomic E-state index is 12.0. The summed E-state index contributed by atoms with van der Waals surface area (Å²) in [6.07, 6.45) is 2.77. The molecular formula is C22H24ClN3O2. The van der Waals surface area contributed by atoms with Crippen LogP contribution in [0.1, 0.15) is 34.3 Å². The number of fused-ring (bicyclic) bond motifs is 1. The molecule has 146 valence electrons. The van der Waals surface area contributed by atoms with Crippen molar-refractivity contribution in [3.63, 3.8) is 0 Å². The van der Waals surface area contributed by atoms with Crippen LogP contribution in [-0.2, 0) is 17.7 Å². The fraction of sp³-hybridized carbons (Fsp3) is 0.364. The third kappa shape index (κ3) is 3.77. The predicted molar refractivity (Wildman–Crippen MR) is 112 cm³/mol. The summed E-state index contributed by atoms with van der Waals surface area (Å²) < 4.78 is 5.62. The van der Waals surface area contributed by atoms with Gasteiger partial charge in [0.2, 0.25) is 0 Å². The first-order valence-electron chi connectivity index (χ1n) is 9.59. The number of nitrogens with one attached hydrogen (secondary N) is 2. The fourth-order valence-electron chi connectivity index (χ4n) is 4.03. The normalized spacial score (nSPS) is 19.1. The van der Waals surface area contributed by atoms with Crippen LogP contribution in [0.25, 0.3) is 0 Å². The van der Waals surface area contributed by atoms with Gasteiger partial charge in [0.1, 0.15) is 5.84 Å². The first kappa shape index (κ1) is 19.0. The lowest BCUT2D eigenvalue weighted by Gasteiger charge is -2.42. The summed E-state index contributed by atoms with van der Waals surface area (Å²) in [6.45, 7) is 2.04. The Morgan fingerprint density at radius 3 is 2.82 bits per heavy atom. The van der Waals surface area contributed by atoms with E-state index in [-0.39, 0.29) is 11.3 Å². The van der Waals surface area contributed by atoms with Gasteiger partial charge in [-0.15, -0.1) is 0 Å². The molecule has 6 heteroatoms. The molecule has 1 fully saturated rings. The van der Waals surface area contributed by atoms with Crippen LogP contribution in [0.3, 0.4) is 0 Å². The highest BCUT2D eigenvalue weighted by Crippen LogP contribution is 2.42. The van der Waals surface area contributed by atoms with Crippen molar-refractivity contribution in [2.75, 3.05) is 25.6 Å². The second-order valence-electron chi connectivity index (χ2n) is 7.44. The number of amidine groups is 1. The number of aliphatic imine (C=N–C) groups is 1. The van der Waals surface area contributed by atoms with Crippen molar-refractivity contribution in [2.45, 2.75) is 25.8 Å². The van der Waals surface area contributed by atoms with Crippen molar-refractivity contribution in [1.29, 1.82) is 0 Å². The Hall–Kier alpha value is -2.37. The van der Waals surface area contributed by atoms with Gasteiger partial charge in [0.25, 0.3) is 5.91 Å². The van der Waals surface area contributed by atoms with Crippen LogP contribution in [0.4, 0.5) is 5.69 Å². The highest BCUT2D eigenvalue weighted by atomic mass is 35.5. The first-order valence-corrected chi connectivity index (χ1v) is 9.97. The zero-order chi connectivity index (χ0) is 19.6. The molecule has 0 bridgehead atoms. The van der Waals surface area contributed by atoms with Gasteiger partial charge < -0.3 is 15.4 Å². The van der Waals surface area contributed by atoms with Crippen molar-refractivity contribution < 1.29 is 9.53 Å². The van der Waals surface area contributed by atoms with E-state index in [4.69, 9.17) is 21.3 Å². The van der Waals surface area contributed by atoms with Crippen molar-refractivity contribution in [3.05, 3.63) is 64.2 Å². The molecule has 2 aromatic carbocycles. The quantitative estimate of drug-likeness (QED) is 0.820. The molecule has 2 aromatic rings. The van der Waals surface area contributed by atoms with E-state index >= 15 is 0 Å². The molecule has 28 heavy (non-hydrogen) atoms. The SMILES string of the molecule is CNC(=O)c1ccc2c(c1)NC(=NCc1cccc(Cl)c1)C1(CCOCC1)C2. The summed E-state index contributed by atoms with van der Waals surface area (Å²) in [7, 11) is 1.64. The van der Waals surface area contributed by atoms with E-state index in [0.29, 0.717) is 12.1 Å². The third-order valence-corrected chi connectivity index (χ3v) is 5.88. The Labute approximate surface area is 170 Å². The molecule has 2 heterocycles. The Bertz CT molecular complexity index is 920. The van der Waals surface area contributed by atoms with Gasteiger partial charge in [0.05, 0.1) is 6.54 Å². The molecule has 1 spiro atoms. The van der Waals surface area contributed by atoms with Gasteiger partial charge in [0, 0.05) is 41.9 Å². The van der Waals surface area contributed by atoms with Crippen molar-refractivity contribution in [2.24, 2.45) is 10.4 Å². The summed E-state index contributed by atoms with van der Waals surface area (Å²) in [4.78, 5) is 17.0. The van der Waals surface area contributed by atoms with Crippen molar-refractivity contribution in [1.82, 2.24) is 5.32 Å². The zero-order valence-electron chi connectivity index (χ0n) is 15.9. The maximum Gasteiger partial charge on any atom is 0.251 e. The Morgan fingerprint density at radius 1 is 1.25 bits per heavy atom. The number of nitrogens with zero attached hydrogens (tertiary/aromatic N) is 1. The van der Waals surface area contributed by atoms with Crippen LogP contribution in [0, 0.1) is 5.41 Å². The lowest BCUT2D eigenvalue weighted by atomic mass is 9.71. The standard InChI is InChI=1S/C22H24ClN3O2/c1-24-20(27)16-5-6-17-13-22(7-9-28-10-8-22)21(26-19(17)12-16)25-14-15-3-2-4-18(23)11-15/h2-6,11-12H,7-10,13-14H2,1H3,(H,24,27)(H,25,26). The number of halogens is 1. The zero-order valence-corrected chi connectivity index (χ0v) is 16.7. The van der Waals surface area contributed by atoms with Gasteiger partial charge in [-0.3, -0.25) is 9.79 Å². The van der Waals surface area contributed by atoms with Crippen LogP contribution in [0.15, 0.2) is 47.5 Å². The first-order chi connectivity index (χ1) is 13.6. The summed E-state index contributed by atoms with van der Waals surface area (Å²) in [5.74, 6) is 0.894. The lowest BCUT2D eigenvalue weighted by Crippen LogP contribution is -2.46. The maximum atomic E-state index is 12.0. The Kier molecular flexibility index (Phi) is 5.38. The number of anilines is 1. The predicted octanol–water partition coefficient (Wildman–Crippen LogP) is 4.06. The number of hydrogen-bond donors (Lipinski definition) is 2. The van der Waals surface area contributed by atoms with Gasteiger partial charge in [-0.1, -0.05) is 29.8 Å². The van der Waals surface area contributed by atoms with Gasteiger partial charge >= 0.3 is 0 Å². The minimum Gasteiger partial charge on any atom is -0.381 e. The highest BCUT2D eigenvalue weighted by Gasteiger charge is 2.41. The molecule has 2 N–H and O–H groups in total. The number of amides is 1. The molecule has 2 aliphatic heterocycles. The van der Waals surface area contributed by atoms with Gasteiger partial charge in [-0.05, 0) is 54.7 Å². The number of carbonyl (C=O) groups excluding carboxylic acids is 1. The van der Waals surface area contributed by atoms with E-state index in [9.17, 15) is 4.79 Å². The molecule has 0 aliphatic carbocycles. The van der Waals surface area contributed by atoms with Crippen LogP contribution in [0.5, 0.6) is 0 Å². The van der Waals surface area contributed by atoms with Gasteiger partial charge in [-0.2, -0.15) is 0 Å². The second kappa shape index (κ2) is 7.94. The van der Waals surface area contributed by atoms with Crippen LogP contribution >= 0.6 is 11.6 Å². The fourth-order valence-corrected chi connectivity index (χ4v) is 4.24. The van der Waals surface area contributed by atoms with Crippen LogP contribution < -0.4 is 10.6 Å². The minimum absolute atomic E-state index is 0.0433. The minimum atomic E-state index is -0.0895. The largest absolute Gasteiger partial charge is 0.381 e. The average molecular weight is 398 g/mol. The molecule has 0 saturated carbocycles. The molecule has 0 radical (unpaired) electrons. The molecule has 1 saturated heterocycles. The molecule has 4 rings (SSSR count). The summed E-state index contributed by atoms with van der Waals surface area (Å²) >= 11 is 6.12. The molecule has 2 aliphatic rings. The summed E-state index contributed by atoms with van der Waals surface area (Å²) in [5.41, 5.74) is 3.86. The molecule has 0 aromatic heterocycles. The topological polar surface area (TPSA) is 62.7 Å². The molecule has 0 unspecified atom stereocenters. The van der Waals surface area contributed by atoms with E-state index in [2.05, 4.69) is 16.7 Å². The molecular weight excluding hydrogens is 374 g/mol. The molecule has 0 atom stereocenters. The molecule has 5 nitrogen and oxygen atoms in total. The monoisotopic (exact) mass is 397 g/mol. The number of hydrogen-bond acceptors (Lipinski definition) is 3. The van der Waals surface area contributed by atoms with Gasteiger partial charge in [-0.25, -0.2) is 0 Å². The average Bonchev–Trinajstić information content (AvgIpc) is 2.72. The van der Waals surface area contributed by atoms with E-state index in [1.54, 1.807) is 7.05 Å². The van der Waals surface area contributed by atoms with Crippen molar-refractivity contribution in [3.8, 4) is 0 Å². The molecule has 1 amide bonds. The van der Waals surface area contributed by atoms with E-state index in [0.717, 1.165) is 54.6 Å². The van der Waals surface area contributed by atoms with Gasteiger partial charge in [0.15, 0.2) is 0 Å². The lowest BCUT2D eigenvalue weighted by molar-refractivity contribution is 0.0448. The highest BCUT2D eigenvalue weighted by molar-refractivity contribution is 6.30. The number of benzene rings is 2. The summed E-state index contributed by atoms with van der Waals surface area (Å²) in [5, 5.41) is 6.94. The number of rotatable bonds is 3. The van der Waals surface area contributed by atoms with E-state index in [1.807, 2.05) is 36.4 Å². The smallest absolute Gasteiger partial charge is 0.251 e. The van der Waals surface area contributed by atoms with Crippen LogP contribution in [-0.4, -0.2) is 32.0 Å². The van der Waals surface area contributed by atoms with E-state index < -0.39 is 0 Å². The van der Waals surface area contributed by atoms with E-state index in [1.165, 1.54) is 5.56 Å².